The van der Waals surface area contributed by atoms with E-state index in [1.54, 1.807) is 7.11 Å². The van der Waals surface area contributed by atoms with Crippen LogP contribution in [0.15, 0.2) is 57.3 Å². The van der Waals surface area contributed by atoms with E-state index < -0.39 is 5.63 Å². The van der Waals surface area contributed by atoms with Gasteiger partial charge in [0.1, 0.15) is 23.2 Å². The number of benzene rings is 2. The maximum atomic E-state index is 13.4. The summed E-state index contributed by atoms with van der Waals surface area (Å²) in [4.78, 5) is 25.9. The van der Waals surface area contributed by atoms with Gasteiger partial charge in [0.2, 0.25) is 0 Å². The molecule has 0 saturated carbocycles. The minimum absolute atomic E-state index is 0.0896. The van der Waals surface area contributed by atoms with Gasteiger partial charge in [-0.3, -0.25) is 4.79 Å². The number of rotatable bonds is 4. The van der Waals surface area contributed by atoms with Gasteiger partial charge >= 0.3 is 5.63 Å². The lowest BCUT2D eigenvalue weighted by Crippen LogP contribution is -2.34. The van der Waals surface area contributed by atoms with Crippen molar-refractivity contribution in [2.75, 3.05) is 7.11 Å². The Hall–Kier alpha value is -3.34. The molecule has 1 aliphatic rings. The normalized spacial score (nSPS) is 17.8. The number of Topliss-reactive ketones (excluding diaryl/α,β-unsaturated/α-hetero) is 1. The van der Waals surface area contributed by atoms with E-state index in [1.165, 1.54) is 6.07 Å². The van der Waals surface area contributed by atoms with Crippen LogP contribution in [0.25, 0.3) is 22.1 Å². The monoisotopic (exact) mass is 418 g/mol. The molecular formula is C26H26O5. The summed E-state index contributed by atoms with van der Waals surface area (Å²) in [6.07, 6.45) is 2.31. The van der Waals surface area contributed by atoms with E-state index in [0.717, 1.165) is 16.7 Å². The summed E-state index contributed by atoms with van der Waals surface area (Å²) >= 11 is 0. The Labute approximate surface area is 181 Å². The molecule has 0 saturated heterocycles. The summed E-state index contributed by atoms with van der Waals surface area (Å²) in [5, 5.41) is 0.614. The molecule has 3 aromatic rings. The zero-order valence-electron chi connectivity index (χ0n) is 18.4. The zero-order valence-corrected chi connectivity index (χ0v) is 18.4. The first-order valence-electron chi connectivity index (χ1n) is 10.4. The van der Waals surface area contributed by atoms with E-state index in [9.17, 15) is 9.59 Å². The summed E-state index contributed by atoms with van der Waals surface area (Å²) < 4.78 is 17.7. The molecule has 4 rings (SSSR count). The molecule has 1 aromatic heterocycles. The Morgan fingerprint density at radius 3 is 2.48 bits per heavy atom. The predicted octanol–water partition coefficient (Wildman–Crippen LogP) is 5.58. The molecule has 2 heterocycles. The Kier molecular flexibility index (Phi) is 5.44. The third-order valence-corrected chi connectivity index (χ3v) is 5.86. The van der Waals surface area contributed by atoms with Crippen LogP contribution < -0.4 is 15.1 Å². The zero-order chi connectivity index (χ0) is 22.3. The highest BCUT2D eigenvalue weighted by molar-refractivity contribution is 6.15. The molecule has 0 N–H and O–H groups in total. The molecule has 0 radical (unpaired) electrons. The Morgan fingerprint density at radius 1 is 1.13 bits per heavy atom. The van der Waals surface area contributed by atoms with Gasteiger partial charge < -0.3 is 13.9 Å². The van der Waals surface area contributed by atoms with Gasteiger partial charge in [-0.25, -0.2) is 4.79 Å². The maximum absolute atomic E-state index is 13.4. The molecule has 0 bridgehead atoms. The third-order valence-electron chi connectivity index (χ3n) is 5.86. The lowest BCUT2D eigenvalue weighted by molar-refractivity contribution is 0.0728. The lowest BCUT2D eigenvalue weighted by atomic mass is 9.86. The second-order valence-electron chi connectivity index (χ2n) is 8.23. The Morgan fingerprint density at radius 2 is 1.84 bits per heavy atom. The van der Waals surface area contributed by atoms with Crippen LogP contribution in [0.4, 0.5) is 0 Å². The summed E-state index contributed by atoms with van der Waals surface area (Å²) in [7, 11) is 1.59. The first-order chi connectivity index (χ1) is 14.8. The fourth-order valence-electron chi connectivity index (χ4n) is 4.05. The van der Waals surface area contributed by atoms with Crippen LogP contribution in [0.2, 0.25) is 0 Å². The highest BCUT2D eigenvalue weighted by atomic mass is 16.5. The van der Waals surface area contributed by atoms with Crippen LogP contribution in [0, 0.1) is 5.92 Å². The average molecular weight is 418 g/mol. The van der Waals surface area contributed by atoms with Crippen LogP contribution in [-0.4, -0.2) is 19.0 Å². The van der Waals surface area contributed by atoms with Gasteiger partial charge in [0.15, 0.2) is 11.4 Å². The number of ether oxygens (including phenoxy) is 2. The van der Waals surface area contributed by atoms with E-state index in [4.69, 9.17) is 13.9 Å². The number of hydrogen-bond donors (Lipinski definition) is 0. The molecule has 2 atom stereocenters. The summed E-state index contributed by atoms with van der Waals surface area (Å²) in [5.41, 5.74) is 3.47. The van der Waals surface area contributed by atoms with Gasteiger partial charge in [0, 0.05) is 17.2 Å². The lowest BCUT2D eigenvalue weighted by Gasteiger charge is -2.31. The molecule has 0 unspecified atom stereocenters. The molecule has 160 valence electrons. The van der Waals surface area contributed by atoms with Gasteiger partial charge in [0.05, 0.1) is 18.4 Å². The molecule has 0 spiro atoms. The maximum Gasteiger partial charge on any atom is 0.336 e. The van der Waals surface area contributed by atoms with E-state index in [-0.39, 0.29) is 23.4 Å². The predicted molar refractivity (Wildman–Crippen MR) is 121 cm³/mol. The molecule has 5 heteroatoms. The number of methoxy groups -OCH3 is 1. The number of fused-ring (bicyclic) bond motifs is 3. The van der Waals surface area contributed by atoms with Crippen molar-refractivity contribution < 1.29 is 18.7 Å². The quantitative estimate of drug-likeness (QED) is 0.409. The molecule has 1 aliphatic heterocycles. The minimum atomic E-state index is -0.522. The number of hydrogen-bond acceptors (Lipinski definition) is 5. The van der Waals surface area contributed by atoms with Crippen molar-refractivity contribution in [2.24, 2.45) is 5.92 Å². The summed E-state index contributed by atoms with van der Waals surface area (Å²) in [6.45, 7) is 7.75. The van der Waals surface area contributed by atoms with E-state index in [0.29, 0.717) is 34.4 Å². The van der Waals surface area contributed by atoms with Crippen molar-refractivity contribution in [1.82, 2.24) is 0 Å². The standard InChI is InChI=1S/C26H26O5/c1-14(2)11-12-18-24(29-5)21-19(17-9-7-6-8-10-17)13-20(27)31-26(21)22-23(28)15(3)16(4)30-25(18)22/h6-11,13,15-16H,12H2,1-5H3/t15-,16-/m1/s1. The fraction of sp³-hybridized carbons (Fsp3) is 0.308. The van der Waals surface area contributed by atoms with Crippen molar-refractivity contribution in [3.05, 3.63) is 69.6 Å². The van der Waals surface area contributed by atoms with E-state index in [2.05, 4.69) is 6.08 Å². The van der Waals surface area contributed by atoms with Crippen molar-refractivity contribution >= 4 is 16.8 Å². The summed E-state index contributed by atoms with van der Waals surface area (Å²) in [6, 6.07) is 11.0. The topological polar surface area (TPSA) is 65.7 Å². The molecule has 0 fully saturated rings. The van der Waals surface area contributed by atoms with E-state index in [1.807, 2.05) is 58.0 Å². The molecule has 5 nitrogen and oxygen atoms in total. The van der Waals surface area contributed by atoms with Crippen LogP contribution in [0.3, 0.4) is 0 Å². The van der Waals surface area contributed by atoms with Crippen LogP contribution in [0.1, 0.15) is 43.6 Å². The van der Waals surface area contributed by atoms with E-state index >= 15 is 0 Å². The SMILES string of the molecule is COc1c(CC=C(C)C)c2c(c3oc(=O)cc(-c4ccccc4)c13)C(=O)[C@H](C)[C@@H](C)O2. The van der Waals surface area contributed by atoms with Crippen molar-refractivity contribution in [3.8, 4) is 22.6 Å². The van der Waals surface area contributed by atoms with Gasteiger partial charge in [-0.05, 0) is 32.8 Å². The first-order valence-corrected chi connectivity index (χ1v) is 10.4. The minimum Gasteiger partial charge on any atom is -0.496 e. The second kappa shape index (κ2) is 8.06. The average Bonchev–Trinajstić information content (AvgIpc) is 2.75. The Balaban J connectivity index is 2.20. The van der Waals surface area contributed by atoms with Crippen LogP contribution >= 0.6 is 0 Å². The number of allylic oxidation sites excluding steroid dienone is 2. The van der Waals surface area contributed by atoms with Gasteiger partial charge in [-0.15, -0.1) is 0 Å². The molecule has 0 amide bonds. The molecular weight excluding hydrogens is 392 g/mol. The number of carbonyl (C=O) groups excluding carboxylic acids is 1. The van der Waals surface area contributed by atoms with Gasteiger partial charge in [-0.1, -0.05) is 48.9 Å². The highest BCUT2D eigenvalue weighted by Crippen LogP contribution is 2.47. The highest BCUT2D eigenvalue weighted by Gasteiger charge is 2.38. The molecule has 0 aliphatic carbocycles. The molecule has 2 aromatic carbocycles. The number of carbonyl (C=O) groups is 1. The fourth-order valence-corrected chi connectivity index (χ4v) is 4.05. The molecule has 31 heavy (non-hydrogen) atoms. The first kappa shape index (κ1) is 20.9. The van der Waals surface area contributed by atoms with Gasteiger partial charge in [0.25, 0.3) is 0 Å². The third kappa shape index (κ3) is 3.54. The van der Waals surface area contributed by atoms with Gasteiger partial charge in [-0.2, -0.15) is 0 Å². The van der Waals surface area contributed by atoms with Crippen molar-refractivity contribution in [2.45, 2.75) is 40.2 Å². The largest absolute Gasteiger partial charge is 0.496 e. The van der Waals surface area contributed by atoms with Crippen LogP contribution in [-0.2, 0) is 6.42 Å². The smallest absolute Gasteiger partial charge is 0.336 e. The summed E-state index contributed by atoms with van der Waals surface area (Å²) in [5.74, 6) is 0.563. The van der Waals surface area contributed by atoms with Crippen molar-refractivity contribution in [1.29, 1.82) is 0 Å². The van der Waals surface area contributed by atoms with Crippen LogP contribution in [0.5, 0.6) is 11.5 Å². The number of ketones is 1. The van der Waals surface area contributed by atoms with Crippen molar-refractivity contribution in [3.63, 3.8) is 0 Å². The Bertz CT molecular complexity index is 1250. The second-order valence-corrected chi connectivity index (χ2v) is 8.23.